The first-order chi connectivity index (χ1) is 12.7. The second-order valence-electron chi connectivity index (χ2n) is 7.01. The van der Waals surface area contributed by atoms with Crippen molar-refractivity contribution in [3.8, 4) is 0 Å². The molecule has 3 rings (SSSR count). The average molecular weight is 371 g/mol. The van der Waals surface area contributed by atoms with Crippen molar-refractivity contribution in [1.82, 2.24) is 10.2 Å². The maximum atomic E-state index is 12.7. The minimum atomic E-state index is -0.0185. The van der Waals surface area contributed by atoms with Crippen LogP contribution in [-0.4, -0.2) is 30.4 Å². The van der Waals surface area contributed by atoms with Crippen LogP contribution in [0.5, 0.6) is 0 Å². The Hall–Kier alpha value is -1.84. The van der Waals surface area contributed by atoms with Gasteiger partial charge in [-0.2, -0.15) is 0 Å². The molecule has 0 unspecified atom stereocenters. The van der Waals surface area contributed by atoms with Crippen molar-refractivity contribution >= 4 is 17.5 Å². The SMILES string of the molecule is Cc1ccccc1C(=O)NC[C@@H](c1ccccc1Cl)N1CCCCCC1. The zero-order chi connectivity index (χ0) is 18.4. The molecule has 2 aromatic rings. The van der Waals surface area contributed by atoms with Crippen molar-refractivity contribution in [3.63, 3.8) is 0 Å². The minimum Gasteiger partial charge on any atom is -0.350 e. The highest BCUT2D eigenvalue weighted by molar-refractivity contribution is 6.31. The van der Waals surface area contributed by atoms with Gasteiger partial charge < -0.3 is 5.32 Å². The van der Waals surface area contributed by atoms with Gasteiger partial charge in [-0.05, 0) is 56.1 Å². The molecule has 0 aliphatic carbocycles. The van der Waals surface area contributed by atoms with E-state index in [0.29, 0.717) is 6.54 Å². The van der Waals surface area contributed by atoms with Gasteiger partial charge >= 0.3 is 0 Å². The fourth-order valence-corrected chi connectivity index (χ4v) is 3.96. The van der Waals surface area contributed by atoms with Crippen molar-refractivity contribution < 1.29 is 4.79 Å². The normalized spacial score (nSPS) is 16.7. The summed E-state index contributed by atoms with van der Waals surface area (Å²) < 4.78 is 0. The van der Waals surface area contributed by atoms with E-state index in [1.54, 1.807) is 0 Å². The van der Waals surface area contributed by atoms with E-state index in [1.807, 2.05) is 49.4 Å². The Balaban J connectivity index is 1.78. The predicted molar refractivity (Wildman–Crippen MR) is 108 cm³/mol. The van der Waals surface area contributed by atoms with Crippen molar-refractivity contribution in [2.75, 3.05) is 19.6 Å². The Bertz CT molecular complexity index is 738. The van der Waals surface area contributed by atoms with Crippen molar-refractivity contribution in [2.24, 2.45) is 0 Å². The maximum Gasteiger partial charge on any atom is 0.251 e. The molecule has 1 heterocycles. The Kier molecular flexibility index (Phi) is 6.70. The van der Waals surface area contributed by atoms with Crippen LogP contribution in [0.1, 0.15) is 53.2 Å². The molecule has 2 aromatic carbocycles. The summed E-state index contributed by atoms with van der Waals surface area (Å²) in [4.78, 5) is 15.2. The molecule has 1 aliphatic heterocycles. The van der Waals surface area contributed by atoms with Gasteiger partial charge in [-0.1, -0.05) is 60.8 Å². The molecule has 1 amide bonds. The summed E-state index contributed by atoms with van der Waals surface area (Å²) in [5.74, 6) is -0.0185. The number of amides is 1. The molecule has 1 fully saturated rings. The third-order valence-electron chi connectivity index (χ3n) is 5.19. The van der Waals surface area contributed by atoms with Gasteiger partial charge in [0.1, 0.15) is 0 Å². The standard InChI is InChI=1S/C22H27ClN2O/c1-17-10-4-5-11-18(17)22(26)24-16-21(19-12-6-7-13-20(19)23)25-14-8-2-3-9-15-25/h4-7,10-13,21H,2-3,8-9,14-16H2,1H3,(H,24,26)/t21-/m0/s1. The lowest BCUT2D eigenvalue weighted by Gasteiger charge is -2.32. The van der Waals surface area contributed by atoms with E-state index < -0.39 is 0 Å². The van der Waals surface area contributed by atoms with Gasteiger partial charge in [0.05, 0.1) is 6.04 Å². The van der Waals surface area contributed by atoms with Gasteiger partial charge in [-0.25, -0.2) is 0 Å². The number of nitrogens with one attached hydrogen (secondary N) is 1. The first-order valence-corrected chi connectivity index (χ1v) is 9.87. The molecule has 0 aromatic heterocycles. The number of rotatable bonds is 5. The Morgan fingerprint density at radius 3 is 2.38 bits per heavy atom. The molecule has 4 heteroatoms. The van der Waals surface area contributed by atoms with Crippen molar-refractivity contribution in [3.05, 3.63) is 70.2 Å². The number of halogens is 1. The first kappa shape index (κ1) is 18.9. The van der Waals surface area contributed by atoms with Gasteiger partial charge in [0.25, 0.3) is 5.91 Å². The molecular formula is C22H27ClN2O. The Morgan fingerprint density at radius 1 is 1.04 bits per heavy atom. The third-order valence-corrected chi connectivity index (χ3v) is 5.54. The number of benzene rings is 2. The van der Waals surface area contributed by atoms with Crippen LogP contribution in [0, 0.1) is 6.92 Å². The van der Waals surface area contributed by atoms with E-state index in [9.17, 15) is 4.79 Å². The third kappa shape index (κ3) is 4.66. The molecule has 3 nitrogen and oxygen atoms in total. The smallest absolute Gasteiger partial charge is 0.251 e. The molecule has 138 valence electrons. The van der Waals surface area contributed by atoms with Crippen LogP contribution in [0.25, 0.3) is 0 Å². The molecule has 0 spiro atoms. The highest BCUT2D eigenvalue weighted by Crippen LogP contribution is 2.29. The molecule has 1 atom stereocenters. The average Bonchev–Trinajstić information content (AvgIpc) is 2.93. The molecule has 0 saturated carbocycles. The minimum absolute atomic E-state index is 0.0185. The van der Waals surface area contributed by atoms with E-state index in [-0.39, 0.29) is 11.9 Å². The number of aryl methyl sites for hydroxylation is 1. The molecule has 0 bridgehead atoms. The lowest BCUT2D eigenvalue weighted by molar-refractivity contribution is 0.0932. The van der Waals surface area contributed by atoms with Crippen LogP contribution < -0.4 is 5.32 Å². The van der Waals surface area contributed by atoms with Crippen LogP contribution in [0.3, 0.4) is 0 Å². The quantitative estimate of drug-likeness (QED) is 0.803. The highest BCUT2D eigenvalue weighted by Gasteiger charge is 2.24. The summed E-state index contributed by atoms with van der Waals surface area (Å²) in [7, 11) is 0. The molecule has 1 aliphatic rings. The fourth-order valence-electron chi connectivity index (χ4n) is 3.70. The predicted octanol–water partition coefficient (Wildman–Crippen LogP) is 5.00. The second kappa shape index (κ2) is 9.20. The topological polar surface area (TPSA) is 32.3 Å². The number of hydrogen-bond acceptors (Lipinski definition) is 2. The lowest BCUT2D eigenvalue weighted by atomic mass is 10.0. The van der Waals surface area contributed by atoms with E-state index in [1.165, 1.54) is 25.7 Å². The number of carbonyl (C=O) groups is 1. The zero-order valence-corrected chi connectivity index (χ0v) is 16.1. The van der Waals surface area contributed by atoms with Gasteiger partial charge in [-0.15, -0.1) is 0 Å². The van der Waals surface area contributed by atoms with Crippen molar-refractivity contribution in [2.45, 2.75) is 38.6 Å². The molecule has 0 radical (unpaired) electrons. The van der Waals surface area contributed by atoms with Crippen LogP contribution in [0.2, 0.25) is 5.02 Å². The van der Waals surface area contributed by atoms with Crippen LogP contribution in [0.15, 0.2) is 48.5 Å². The summed E-state index contributed by atoms with van der Waals surface area (Å²) in [5.41, 5.74) is 2.83. The fraction of sp³-hybridized carbons (Fsp3) is 0.409. The second-order valence-corrected chi connectivity index (χ2v) is 7.42. The molecule has 26 heavy (non-hydrogen) atoms. The van der Waals surface area contributed by atoms with Crippen LogP contribution >= 0.6 is 11.6 Å². The Morgan fingerprint density at radius 2 is 1.69 bits per heavy atom. The summed E-state index contributed by atoms with van der Waals surface area (Å²) in [6, 6.07) is 15.8. The number of carbonyl (C=O) groups excluding carboxylic acids is 1. The summed E-state index contributed by atoms with van der Waals surface area (Å²) in [6.07, 6.45) is 4.96. The van der Waals surface area contributed by atoms with Gasteiger partial charge in [0.2, 0.25) is 0 Å². The monoisotopic (exact) mass is 370 g/mol. The number of likely N-dealkylation sites (tertiary alicyclic amines) is 1. The van der Waals surface area contributed by atoms with E-state index >= 15 is 0 Å². The highest BCUT2D eigenvalue weighted by atomic mass is 35.5. The lowest BCUT2D eigenvalue weighted by Crippen LogP contribution is -2.39. The largest absolute Gasteiger partial charge is 0.350 e. The summed E-state index contributed by atoms with van der Waals surface area (Å²) >= 11 is 6.50. The molecule has 1 N–H and O–H groups in total. The Labute approximate surface area is 161 Å². The number of nitrogens with zero attached hydrogens (tertiary/aromatic N) is 1. The van der Waals surface area contributed by atoms with E-state index in [4.69, 9.17) is 11.6 Å². The molecule has 1 saturated heterocycles. The van der Waals surface area contributed by atoms with Crippen molar-refractivity contribution in [1.29, 1.82) is 0 Å². The van der Waals surface area contributed by atoms with Crippen LogP contribution in [-0.2, 0) is 0 Å². The summed E-state index contributed by atoms with van der Waals surface area (Å²) in [6.45, 7) is 4.64. The van der Waals surface area contributed by atoms with Crippen LogP contribution in [0.4, 0.5) is 0 Å². The van der Waals surface area contributed by atoms with Gasteiger partial charge in [0, 0.05) is 17.1 Å². The first-order valence-electron chi connectivity index (χ1n) is 9.49. The maximum absolute atomic E-state index is 12.7. The van der Waals surface area contributed by atoms with E-state index in [0.717, 1.165) is 34.8 Å². The summed E-state index contributed by atoms with van der Waals surface area (Å²) in [5, 5.41) is 3.91. The van der Waals surface area contributed by atoms with Gasteiger partial charge in [-0.3, -0.25) is 9.69 Å². The zero-order valence-electron chi connectivity index (χ0n) is 15.4. The number of hydrogen-bond donors (Lipinski definition) is 1. The van der Waals surface area contributed by atoms with Gasteiger partial charge in [0.15, 0.2) is 0 Å². The molecular weight excluding hydrogens is 344 g/mol. The van der Waals surface area contributed by atoms with E-state index in [2.05, 4.69) is 16.3 Å².